The summed E-state index contributed by atoms with van der Waals surface area (Å²) >= 11 is 0. The number of aromatic hydroxyl groups is 1. The fraction of sp³-hybridized carbons (Fsp3) is 0.111. The van der Waals surface area contributed by atoms with Crippen LogP contribution in [0.1, 0.15) is 11.1 Å². The van der Waals surface area contributed by atoms with Crippen LogP contribution in [0.5, 0.6) is 5.75 Å². The number of benzene rings is 1. The van der Waals surface area contributed by atoms with Gasteiger partial charge in [-0.2, -0.15) is 10.5 Å². The van der Waals surface area contributed by atoms with Crippen molar-refractivity contribution in [2.75, 3.05) is 5.73 Å². The zero-order chi connectivity index (χ0) is 9.84. The number of phenolic OH excluding ortho intramolecular Hbond substituents is 1. The summed E-state index contributed by atoms with van der Waals surface area (Å²) in [6.07, 6.45) is 0.0851. The summed E-state index contributed by atoms with van der Waals surface area (Å²) in [4.78, 5) is 0. The maximum absolute atomic E-state index is 9.32. The van der Waals surface area contributed by atoms with Crippen molar-refractivity contribution in [1.29, 1.82) is 10.5 Å². The molecule has 0 radical (unpaired) electrons. The van der Waals surface area contributed by atoms with Gasteiger partial charge in [0.15, 0.2) is 0 Å². The molecule has 0 aromatic heterocycles. The van der Waals surface area contributed by atoms with Crippen LogP contribution in [0.2, 0.25) is 0 Å². The summed E-state index contributed by atoms with van der Waals surface area (Å²) in [5.74, 6) is -0.0627. The molecule has 0 aliphatic carbocycles. The molecule has 0 atom stereocenters. The van der Waals surface area contributed by atoms with Gasteiger partial charge in [-0.15, -0.1) is 0 Å². The fourth-order valence-electron chi connectivity index (χ4n) is 0.976. The molecule has 1 rings (SSSR count). The zero-order valence-corrected chi connectivity index (χ0v) is 6.78. The number of phenols is 1. The summed E-state index contributed by atoms with van der Waals surface area (Å²) in [6, 6.07) is 6.44. The van der Waals surface area contributed by atoms with E-state index in [1.165, 1.54) is 12.1 Å². The zero-order valence-electron chi connectivity index (χ0n) is 6.78. The molecule has 0 aliphatic rings. The Labute approximate surface area is 75.4 Å². The van der Waals surface area contributed by atoms with Gasteiger partial charge in [-0.1, -0.05) is 0 Å². The number of nitrogens with two attached hydrogens (primary N) is 1. The average Bonchev–Trinajstić information content (AvgIpc) is 2.11. The average molecular weight is 173 g/mol. The first-order valence-corrected chi connectivity index (χ1v) is 3.57. The molecule has 0 bridgehead atoms. The summed E-state index contributed by atoms with van der Waals surface area (Å²) in [6.45, 7) is 0. The summed E-state index contributed by atoms with van der Waals surface area (Å²) < 4.78 is 0. The topological polar surface area (TPSA) is 93.8 Å². The number of nitrogen functional groups attached to an aromatic ring is 1. The van der Waals surface area contributed by atoms with Gasteiger partial charge < -0.3 is 10.8 Å². The minimum Gasteiger partial charge on any atom is -0.508 e. The molecule has 3 N–H and O–H groups in total. The summed E-state index contributed by atoms with van der Waals surface area (Å²) in [7, 11) is 0. The quantitative estimate of drug-likeness (QED) is 0.487. The van der Waals surface area contributed by atoms with E-state index in [0.717, 1.165) is 0 Å². The first-order chi connectivity index (χ1) is 6.19. The van der Waals surface area contributed by atoms with Crippen molar-refractivity contribution >= 4 is 5.69 Å². The van der Waals surface area contributed by atoms with Crippen LogP contribution in [-0.4, -0.2) is 5.11 Å². The summed E-state index contributed by atoms with van der Waals surface area (Å²) in [5, 5.41) is 26.3. The van der Waals surface area contributed by atoms with Crippen molar-refractivity contribution in [3.05, 3.63) is 23.3 Å². The lowest BCUT2D eigenvalue weighted by Gasteiger charge is -2.02. The standard InChI is InChI=1S/C9H7N3O/c10-2-1-6-3-8(12)7(5-11)4-9(6)13/h3-4,13H,1,12H2. The van der Waals surface area contributed by atoms with Crippen LogP contribution in [0.15, 0.2) is 12.1 Å². The van der Waals surface area contributed by atoms with Gasteiger partial charge in [-0.3, -0.25) is 0 Å². The van der Waals surface area contributed by atoms with E-state index in [2.05, 4.69) is 0 Å². The highest BCUT2D eigenvalue weighted by Crippen LogP contribution is 2.23. The first-order valence-electron chi connectivity index (χ1n) is 3.57. The van der Waals surface area contributed by atoms with E-state index in [4.69, 9.17) is 16.3 Å². The van der Waals surface area contributed by atoms with E-state index in [0.29, 0.717) is 5.56 Å². The number of anilines is 1. The van der Waals surface area contributed by atoms with Gasteiger partial charge in [0.25, 0.3) is 0 Å². The lowest BCUT2D eigenvalue weighted by molar-refractivity contribution is 0.470. The molecule has 0 fully saturated rings. The molecule has 0 saturated heterocycles. The van der Waals surface area contributed by atoms with E-state index in [-0.39, 0.29) is 23.4 Å². The van der Waals surface area contributed by atoms with Crippen LogP contribution in [0.25, 0.3) is 0 Å². The van der Waals surface area contributed by atoms with Crippen molar-refractivity contribution in [1.82, 2.24) is 0 Å². The number of hydrogen-bond acceptors (Lipinski definition) is 4. The lowest BCUT2D eigenvalue weighted by Crippen LogP contribution is -1.93. The van der Waals surface area contributed by atoms with Crippen LogP contribution in [0, 0.1) is 22.7 Å². The Morgan fingerprint density at radius 1 is 1.38 bits per heavy atom. The third-order valence-electron chi connectivity index (χ3n) is 1.64. The van der Waals surface area contributed by atoms with Crippen LogP contribution >= 0.6 is 0 Å². The van der Waals surface area contributed by atoms with Crippen molar-refractivity contribution in [2.24, 2.45) is 0 Å². The van der Waals surface area contributed by atoms with Gasteiger partial charge in [0.05, 0.1) is 23.7 Å². The second kappa shape index (κ2) is 3.46. The molecule has 0 unspecified atom stereocenters. The van der Waals surface area contributed by atoms with Crippen molar-refractivity contribution in [2.45, 2.75) is 6.42 Å². The van der Waals surface area contributed by atoms with Crippen molar-refractivity contribution in [3.63, 3.8) is 0 Å². The van der Waals surface area contributed by atoms with Gasteiger partial charge in [0, 0.05) is 11.6 Å². The Hall–Kier alpha value is -2.20. The molecule has 4 heteroatoms. The van der Waals surface area contributed by atoms with E-state index < -0.39 is 0 Å². The predicted octanol–water partition coefficient (Wildman–Crippen LogP) is 0.912. The van der Waals surface area contributed by atoms with Crippen molar-refractivity contribution in [3.8, 4) is 17.9 Å². The molecule has 1 aromatic rings. The van der Waals surface area contributed by atoms with Crippen LogP contribution in [0.3, 0.4) is 0 Å². The second-order valence-electron chi connectivity index (χ2n) is 2.51. The molecule has 0 heterocycles. The van der Waals surface area contributed by atoms with E-state index >= 15 is 0 Å². The molecule has 4 nitrogen and oxygen atoms in total. The number of nitriles is 2. The maximum Gasteiger partial charge on any atom is 0.121 e. The molecule has 1 aromatic carbocycles. The molecule has 13 heavy (non-hydrogen) atoms. The van der Waals surface area contributed by atoms with Crippen LogP contribution in [0.4, 0.5) is 5.69 Å². The van der Waals surface area contributed by atoms with E-state index in [1.807, 2.05) is 12.1 Å². The van der Waals surface area contributed by atoms with Gasteiger partial charge in [0.2, 0.25) is 0 Å². The molecule has 64 valence electrons. The van der Waals surface area contributed by atoms with Gasteiger partial charge in [-0.05, 0) is 6.07 Å². The third kappa shape index (κ3) is 1.69. The number of hydrogen-bond donors (Lipinski definition) is 2. The van der Waals surface area contributed by atoms with Gasteiger partial charge in [0.1, 0.15) is 11.8 Å². The Kier molecular flexibility index (Phi) is 2.37. The molecule has 0 aliphatic heterocycles. The lowest BCUT2D eigenvalue weighted by atomic mass is 10.1. The molecular formula is C9H7N3O. The third-order valence-corrected chi connectivity index (χ3v) is 1.64. The number of rotatable bonds is 1. The van der Waals surface area contributed by atoms with Crippen LogP contribution in [-0.2, 0) is 6.42 Å². The Balaban J connectivity index is 3.24. The Morgan fingerprint density at radius 2 is 2.08 bits per heavy atom. The maximum atomic E-state index is 9.32. The Morgan fingerprint density at radius 3 is 2.62 bits per heavy atom. The minimum absolute atomic E-state index is 0.0627. The monoisotopic (exact) mass is 173 g/mol. The molecule has 0 spiro atoms. The van der Waals surface area contributed by atoms with E-state index in [1.54, 1.807) is 0 Å². The van der Waals surface area contributed by atoms with Gasteiger partial charge in [-0.25, -0.2) is 0 Å². The normalized spacial score (nSPS) is 8.77. The first kappa shape index (κ1) is 8.89. The predicted molar refractivity (Wildman–Crippen MR) is 46.6 cm³/mol. The van der Waals surface area contributed by atoms with E-state index in [9.17, 15) is 5.11 Å². The highest BCUT2D eigenvalue weighted by atomic mass is 16.3. The Bertz CT molecular complexity index is 412. The SMILES string of the molecule is N#CCc1cc(N)c(C#N)cc1O. The van der Waals surface area contributed by atoms with Gasteiger partial charge >= 0.3 is 0 Å². The fourth-order valence-corrected chi connectivity index (χ4v) is 0.976. The highest BCUT2D eigenvalue weighted by Gasteiger charge is 2.05. The summed E-state index contributed by atoms with van der Waals surface area (Å²) in [5.41, 5.74) is 6.44. The molecular weight excluding hydrogens is 166 g/mol. The molecule has 0 amide bonds. The van der Waals surface area contributed by atoms with Crippen LogP contribution < -0.4 is 5.73 Å². The van der Waals surface area contributed by atoms with Crippen molar-refractivity contribution < 1.29 is 5.11 Å². The molecule has 0 saturated carbocycles. The highest BCUT2D eigenvalue weighted by molar-refractivity contribution is 5.59. The minimum atomic E-state index is -0.0627. The smallest absolute Gasteiger partial charge is 0.121 e. The number of nitrogens with zero attached hydrogens (tertiary/aromatic N) is 2. The largest absolute Gasteiger partial charge is 0.508 e. The second-order valence-corrected chi connectivity index (χ2v) is 2.51.